The maximum Gasteiger partial charge on any atom is 0.329 e. The highest BCUT2D eigenvalue weighted by Gasteiger charge is 2.37. The Balaban J connectivity index is 2.66. The Morgan fingerprint density at radius 1 is 1.32 bits per heavy atom. The summed E-state index contributed by atoms with van der Waals surface area (Å²) in [6.07, 6.45) is 1.45. The summed E-state index contributed by atoms with van der Waals surface area (Å²) < 4.78 is 5.44. The number of hydrogen-bond acceptors (Lipinski definition) is 4. The van der Waals surface area contributed by atoms with E-state index in [9.17, 15) is 9.59 Å². The molecule has 0 aromatic heterocycles. The molecule has 1 saturated heterocycles. The molecule has 3 atom stereocenters. The van der Waals surface area contributed by atoms with Gasteiger partial charge in [0.25, 0.3) is 0 Å². The van der Waals surface area contributed by atoms with Gasteiger partial charge in [-0.1, -0.05) is 20.8 Å². The van der Waals surface area contributed by atoms with Crippen LogP contribution in [-0.2, 0) is 14.3 Å². The molecule has 1 fully saturated rings. The predicted octanol–water partition coefficient (Wildman–Crippen LogP) is 2.13. The van der Waals surface area contributed by atoms with Crippen molar-refractivity contribution in [1.29, 1.82) is 0 Å². The third-order valence-corrected chi connectivity index (χ3v) is 4.29. The fraction of sp³-hybridized carbons (Fsp3) is 0.857. The fourth-order valence-electron chi connectivity index (χ4n) is 2.03. The summed E-state index contributed by atoms with van der Waals surface area (Å²) in [6, 6.07) is -0.406. The van der Waals surface area contributed by atoms with Crippen LogP contribution in [0.3, 0.4) is 0 Å². The summed E-state index contributed by atoms with van der Waals surface area (Å²) in [5.74, 6) is 0.370. The number of amides is 1. The number of hydrogen-bond donors (Lipinski definition) is 1. The zero-order valence-corrected chi connectivity index (χ0v) is 13.2. The molecule has 5 heteroatoms. The molecule has 4 nitrogen and oxygen atoms in total. The van der Waals surface area contributed by atoms with Crippen molar-refractivity contribution in [1.82, 2.24) is 4.90 Å². The second kappa shape index (κ2) is 7.17. The van der Waals surface area contributed by atoms with Gasteiger partial charge in [0, 0.05) is 18.2 Å². The van der Waals surface area contributed by atoms with Crippen LogP contribution < -0.4 is 0 Å². The van der Waals surface area contributed by atoms with Crippen LogP contribution in [-0.4, -0.2) is 41.2 Å². The van der Waals surface area contributed by atoms with Crippen LogP contribution in [0.2, 0.25) is 0 Å². The first-order chi connectivity index (χ1) is 8.88. The third-order valence-electron chi connectivity index (χ3n) is 3.74. The van der Waals surface area contributed by atoms with Gasteiger partial charge in [0.1, 0.15) is 12.1 Å². The topological polar surface area (TPSA) is 46.6 Å². The van der Waals surface area contributed by atoms with Crippen molar-refractivity contribution in [3.63, 3.8) is 0 Å². The quantitative estimate of drug-likeness (QED) is 0.622. The first-order valence-corrected chi connectivity index (χ1v) is 7.63. The van der Waals surface area contributed by atoms with Crippen LogP contribution in [0.1, 0.15) is 40.5 Å². The minimum absolute atomic E-state index is 0.00616. The normalized spacial score (nSPS) is 22.4. The summed E-state index contributed by atoms with van der Waals surface area (Å²) in [7, 11) is 0. The van der Waals surface area contributed by atoms with Crippen molar-refractivity contribution in [2.45, 2.75) is 52.7 Å². The summed E-state index contributed by atoms with van der Waals surface area (Å²) in [4.78, 5) is 26.0. The van der Waals surface area contributed by atoms with E-state index in [-0.39, 0.29) is 29.8 Å². The van der Waals surface area contributed by atoms with Gasteiger partial charge >= 0.3 is 5.97 Å². The molecule has 0 aliphatic carbocycles. The second-order valence-corrected chi connectivity index (χ2v) is 6.02. The molecule has 1 amide bonds. The molecule has 3 unspecified atom stereocenters. The van der Waals surface area contributed by atoms with E-state index in [1.165, 1.54) is 0 Å². The first kappa shape index (κ1) is 16.3. The molecule has 0 saturated carbocycles. The van der Waals surface area contributed by atoms with Crippen molar-refractivity contribution in [2.24, 2.45) is 11.8 Å². The average molecular weight is 287 g/mol. The zero-order valence-electron chi connectivity index (χ0n) is 12.3. The monoisotopic (exact) mass is 287 g/mol. The van der Waals surface area contributed by atoms with E-state index in [4.69, 9.17) is 4.74 Å². The van der Waals surface area contributed by atoms with Gasteiger partial charge in [0.2, 0.25) is 5.91 Å². The lowest BCUT2D eigenvalue weighted by Crippen LogP contribution is -2.45. The van der Waals surface area contributed by atoms with Crippen molar-refractivity contribution in [3.05, 3.63) is 0 Å². The lowest BCUT2D eigenvalue weighted by atomic mass is 10.1. The molecule has 0 N–H and O–H groups in total. The van der Waals surface area contributed by atoms with E-state index in [0.29, 0.717) is 18.7 Å². The number of nitrogens with zero attached hydrogens (tertiary/aromatic N) is 1. The Labute approximate surface area is 121 Å². The molecule has 19 heavy (non-hydrogen) atoms. The zero-order chi connectivity index (χ0) is 14.6. The lowest BCUT2D eigenvalue weighted by molar-refractivity contribution is -0.159. The molecule has 110 valence electrons. The van der Waals surface area contributed by atoms with E-state index in [1.54, 1.807) is 4.90 Å². The first-order valence-electron chi connectivity index (χ1n) is 7.00. The second-order valence-electron chi connectivity index (χ2n) is 5.66. The Morgan fingerprint density at radius 3 is 2.47 bits per heavy atom. The van der Waals surface area contributed by atoms with Crippen molar-refractivity contribution in [3.8, 4) is 0 Å². The van der Waals surface area contributed by atoms with Gasteiger partial charge in [-0.3, -0.25) is 4.79 Å². The highest BCUT2D eigenvalue weighted by atomic mass is 32.1. The number of likely N-dealkylation sites (tertiary alicyclic amines) is 1. The summed E-state index contributed by atoms with van der Waals surface area (Å²) >= 11 is 4.15. The van der Waals surface area contributed by atoms with Gasteiger partial charge in [0.05, 0.1) is 0 Å². The van der Waals surface area contributed by atoms with Gasteiger partial charge in [-0.15, -0.1) is 0 Å². The van der Waals surface area contributed by atoms with Gasteiger partial charge in [-0.25, -0.2) is 4.79 Å². The molecule has 1 aliphatic heterocycles. The minimum atomic E-state index is -0.406. The Hall–Kier alpha value is -0.710. The smallest absolute Gasteiger partial charge is 0.329 e. The molecule has 1 heterocycles. The SMILES string of the molecule is CC(CS)C(=O)N1CCCC1C(=O)OC(C)C(C)C. The van der Waals surface area contributed by atoms with Crippen LogP contribution in [0.15, 0.2) is 0 Å². The lowest BCUT2D eigenvalue weighted by Gasteiger charge is -2.27. The third kappa shape index (κ3) is 4.13. The molecule has 0 aromatic rings. The van der Waals surface area contributed by atoms with Crippen LogP contribution in [0, 0.1) is 11.8 Å². The Bertz CT molecular complexity index is 333. The van der Waals surface area contributed by atoms with E-state index in [1.807, 2.05) is 27.7 Å². The molecular formula is C14H25NO3S. The van der Waals surface area contributed by atoms with Gasteiger partial charge in [-0.05, 0) is 25.7 Å². The number of carbonyl (C=O) groups is 2. The largest absolute Gasteiger partial charge is 0.461 e. The van der Waals surface area contributed by atoms with Crippen molar-refractivity contribution >= 4 is 24.5 Å². The van der Waals surface area contributed by atoms with Gasteiger partial charge in [-0.2, -0.15) is 12.6 Å². The van der Waals surface area contributed by atoms with Crippen LogP contribution in [0.25, 0.3) is 0 Å². The Kier molecular flexibility index (Phi) is 6.17. The summed E-state index contributed by atoms with van der Waals surface area (Å²) in [6.45, 7) is 8.40. The Morgan fingerprint density at radius 2 is 1.95 bits per heavy atom. The minimum Gasteiger partial charge on any atom is -0.461 e. The standard InChI is InChI=1S/C14H25NO3S/c1-9(2)11(4)18-14(17)12-6-5-7-15(12)13(16)10(3)8-19/h9-12,19H,5-8H2,1-4H3. The average Bonchev–Trinajstić information content (AvgIpc) is 2.85. The number of rotatable bonds is 5. The number of esters is 1. The maximum absolute atomic E-state index is 12.2. The van der Waals surface area contributed by atoms with E-state index in [0.717, 1.165) is 6.42 Å². The molecule has 0 bridgehead atoms. The molecular weight excluding hydrogens is 262 g/mol. The molecule has 0 spiro atoms. The number of ether oxygens (including phenoxy) is 1. The summed E-state index contributed by atoms with van der Waals surface area (Å²) in [5, 5.41) is 0. The van der Waals surface area contributed by atoms with E-state index in [2.05, 4.69) is 12.6 Å². The number of carbonyl (C=O) groups excluding carboxylic acids is 2. The van der Waals surface area contributed by atoms with Crippen LogP contribution in [0.4, 0.5) is 0 Å². The highest BCUT2D eigenvalue weighted by Crippen LogP contribution is 2.22. The highest BCUT2D eigenvalue weighted by molar-refractivity contribution is 7.80. The van der Waals surface area contributed by atoms with E-state index >= 15 is 0 Å². The van der Waals surface area contributed by atoms with Gasteiger partial charge in [0.15, 0.2) is 0 Å². The molecule has 1 rings (SSSR count). The maximum atomic E-state index is 12.2. The van der Waals surface area contributed by atoms with Gasteiger partial charge < -0.3 is 9.64 Å². The molecule has 0 radical (unpaired) electrons. The fourth-order valence-corrected chi connectivity index (χ4v) is 2.19. The van der Waals surface area contributed by atoms with Crippen molar-refractivity contribution < 1.29 is 14.3 Å². The summed E-state index contributed by atoms with van der Waals surface area (Å²) in [5.41, 5.74) is 0. The number of thiol groups is 1. The van der Waals surface area contributed by atoms with Crippen LogP contribution in [0.5, 0.6) is 0 Å². The van der Waals surface area contributed by atoms with Crippen LogP contribution >= 0.6 is 12.6 Å². The van der Waals surface area contributed by atoms with Crippen molar-refractivity contribution in [2.75, 3.05) is 12.3 Å². The predicted molar refractivity (Wildman–Crippen MR) is 78.1 cm³/mol. The van der Waals surface area contributed by atoms with E-state index < -0.39 is 6.04 Å². The molecule has 0 aromatic carbocycles. The molecule has 1 aliphatic rings.